The zero-order valence-electron chi connectivity index (χ0n) is 13.0. The lowest BCUT2D eigenvalue weighted by molar-refractivity contribution is -0.136. The highest BCUT2D eigenvalue weighted by Gasteiger charge is 2.20. The van der Waals surface area contributed by atoms with Gasteiger partial charge in [-0.15, -0.1) is 0 Å². The van der Waals surface area contributed by atoms with Crippen molar-refractivity contribution in [3.8, 4) is 11.5 Å². The van der Waals surface area contributed by atoms with Crippen LogP contribution < -0.4 is 20.1 Å². The summed E-state index contributed by atoms with van der Waals surface area (Å²) in [6.07, 6.45) is 5.28. The first-order chi connectivity index (χ1) is 10.6. The van der Waals surface area contributed by atoms with Crippen molar-refractivity contribution in [1.29, 1.82) is 0 Å². The van der Waals surface area contributed by atoms with Crippen LogP contribution in [0.15, 0.2) is 18.2 Å². The van der Waals surface area contributed by atoms with Crippen LogP contribution in [0.2, 0.25) is 0 Å². The third-order valence-corrected chi connectivity index (χ3v) is 3.79. The number of amides is 2. The number of ether oxygens (including phenoxy) is 2. The van der Waals surface area contributed by atoms with E-state index in [-0.39, 0.29) is 6.04 Å². The average Bonchev–Trinajstić information content (AvgIpc) is 2.55. The Morgan fingerprint density at radius 1 is 1.00 bits per heavy atom. The van der Waals surface area contributed by atoms with Gasteiger partial charge in [-0.25, -0.2) is 0 Å². The average molecular weight is 306 g/mol. The van der Waals surface area contributed by atoms with Gasteiger partial charge in [0.2, 0.25) is 0 Å². The summed E-state index contributed by atoms with van der Waals surface area (Å²) in [6.45, 7) is 0. The van der Waals surface area contributed by atoms with E-state index < -0.39 is 11.8 Å². The van der Waals surface area contributed by atoms with Crippen LogP contribution in [0.1, 0.15) is 32.1 Å². The highest BCUT2D eigenvalue weighted by molar-refractivity contribution is 6.39. The highest BCUT2D eigenvalue weighted by Crippen LogP contribution is 2.29. The van der Waals surface area contributed by atoms with E-state index in [1.807, 2.05) is 0 Å². The second-order valence-electron chi connectivity index (χ2n) is 5.33. The van der Waals surface area contributed by atoms with Crippen LogP contribution in [0.25, 0.3) is 0 Å². The molecule has 6 nitrogen and oxygen atoms in total. The molecule has 1 saturated carbocycles. The molecule has 0 heterocycles. The quantitative estimate of drug-likeness (QED) is 0.835. The largest absolute Gasteiger partial charge is 0.493 e. The van der Waals surface area contributed by atoms with Gasteiger partial charge in [-0.3, -0.25) is 9.59 Å². The van der Waals surface area contributed by atoms with Crippen LogP contribution >= 0.6 is 0 Å². The number of nitrogens with one attached hydrogen (secondary N) is 2. The Balaban J connectivity index is 1.94. The van der Waals surface area contributed by atoms with Gasteiger partial charge in [0, 0.05) is 17.8 Å². The van der Waals surface area contributed by atoms with Gasteiger partial charge < -0.3 is 20.1 Å². The summed E-state index contributed by atoms with van der Waals surface area (Å²) < 4.78 is 10.3. The van der Waals surface area contributed by atoms with Crippen LogP contribution in [-0.4, -0.2) is 32.1 Å². The van der Waals surface area contributed by atoms with Gasteiger partial charge in [0.15, 0.2) is 11.5 Å². The number of benzene rings is 1. The van der Waals surface area contributed by atoms with Gasteiger partial charge in [0.05, 0.1) is 14.2 Å². The fourth-order valence-corrected chi connectivity index (χ4v) is 2.60. The molecule has 0 aliphatic heterocycles. The van der Waals surface area contributed by atoms with E-state index in [2.05, 4.69) is 10.6 Å². The fourth-order valence-electron chi connectivity index (χ4n) is 2.60. The van der Waals surface area contributed by atoms with E-state index in [0.717, 1.165) is 25.7 Å². The first kappa shape index (κ1) is 16.1. The molecular formula is C16H22N2O4. The van der Waals surface area contributed by atoms with Crippen molar-refractivity contribution >= 4 is 17.5 Å². The molecule has 2 amide bonds. The molecule has 120 valence electrons. The Bertz CT molecular complexity index is 539. The Kier molecular flexibility index (Phi) is 5.63. The number of anilines is 1. The third-order valence-electron chi connectivity index (χ3n) is 3.79. The number of carbonyl (C=O) groups excluding carboxylic acids is 2. The van der Waals surface area contributed by atoms with Crippen LogP contribution in [0.5, 0.6) is 11.5 Å². The van der Waals surface area contributed by atoms with Gasteiger partial charge in [-0.2, -0.15) is 0 Å². The SMILES string of the molecule is COc1ccc(NC(=O)C(=O)NC2CCCCC2)cc1OC. The predicted molar refractivity (Wildman–Crippen MR) is 83.2 cm³/mol. The van der Waals surface area contributed by atoms with E-state index in [4.69, 9.17) is 9.47 Å². The minimum absolute atomic E-state index is 0.109. The summed E-state index contributed by atoms with van der Waals surface area (Å²) in [5.41, 5.74) is 0.487. The van der Waals surface area contributed by atoms with Gasteiger partial charge in [0.25, 0.3) is 0 Å². The molecule has 1 aliphatic rings. The monoisotopic (exact) mass is 306 g/mol. The molecule has 2 N–H and O–H groups in total. The molecule has 1 aromatic carbocycles. The van der Waals surface area contributed by atoms with E-state index in [1.54, 1.807) is 18.2 Å². The van der Waals surface area contributed by atoms with E-state index in [0.29, 0.717) is 17.2 Å². The van der Waals surface area contributed by atoms with Crippen molar-refractivity contribution in [2.24, 2.45) is 0 Å². The molecule has 0 spiro atoms. The molecule has 0 aromatic heterocycles. The standard InChI is InChI=1S/C16H22N2O4/c1-21-13-9-8-12(10-14(13)22-2)18-16(20)15(19)17-11-6-4-3-5-7-11/h8-11H,3-7H2,1-2H3,(H,17,19)(H,18,20). The molecule has 0 saturated heterocycles. The predicted octanol–water partition coefficient (Wildman–Crippen LogP) is 2.09. The number of hydrogen-bond acceptors (Lipinski definition) is 4. The lowest BCUT2D eigenvalue weighted by Crippen LogP contribution is -2.42. The van der Waals surface area contributed by atoms with Gasteiger partial charge >= 0.3 is 11.8 Å². The van der Waals surface area contributed by atoms with E-state index in [1.165, 1.54) is 20.6 Å². The maximum atomic E-state index is 11.9. The summed E-state index contributed by atoms with van der Waals surface area (Å²) in [4.78, 5) is 23.9. The number of methoxy groups -OCH3 is 2. The topological polar surface area (TPSA) is 76.7 Å². The van der Waals surface area contributed by atoms with Crippen LogP contribution in [0, 0.1) is 0 Å². The smallest absolute Gasteiger partial charge is 0.313 e. The number of carbonyl (C=O) groups is 2. The zero-order chi connectivity index (χ0) is 15.9. The highest BCUT2D eigenvalue weighted by atomic mass is 16.5. The second kappa shape index (κ2) is 7.68. The molecule has 1 aromatic rings. The molecule has 1 aliphatic carbocycles. The lowest BCUT2D eigenvalue weighted by atomic mass is 9.95. The van der Waals surface area contributed by atoms with Crippen molar-refractivity contribution < 1.29 is 19.1 Å². The second-order valence-corrected chi connectivity index (χ2v) is 5.33. The maximum Gasteiger partial charge on any atom is 0.313 e. The molecule has 22 heavy (non-hydrogen) atoms. The third kappa shape index (κ3) is 4.13. The summed E-state index contributed by atoms with van der Waals surface area (Å²) in [5, 5.41) is 5.35. The number of hydrogen-bond donors (Lipinski definition) is 2. The Labute approximate surface area is 130 Å². The van der Waals surface area contributed by atoms with Crippen molar-refractivity contribution in [1.82, 2.24) is 5.32 Å². The Morgan fingerprint density at radius 2 is 1.68 bits per heavy atom. The van der Waals surface area contributed by atoms with E-state index in [9.17, 15) is 9.59 Å². The van der Waals surface area contributed by atoms with Crippen LogP contribution in [0.3, 0.4) is 0 Å². The van der Waals surface area contributed by atoms with Gasteiger partial charge in [0.1, 0.15) is 0 Å². The molecule has 0 radical (unpaired) electrons. The minimum atomic E-state index is -0.669. The molecule has 6 heteroatoms. The van der Waals surface area contributed by atoms with E-state index >= 15 is 0 Å². The molecule has 0 bridgehead atoms. The summed E-state index contributed by atoms with van der Waals surface area (Å²) in [5.74, 6) is -0.209. The molecular weight excluding hydrogens is 284 g/mol. The van der Waals surface area contributed by atoms with Crippen LogP contribution in [0.4, 0.5) is 5.69 Å². The first-order valence-corrected chi connectivity index (χ1v) is 7.48. The Morgan fingerprint density at radius 3 is 2.32 bits per heavy atom. The molecule has 1 fully saturated rings. The lowest BCUT2D eigenvalue weighted by Gasteiger charge is -2.22. The first-order valence-electron chi connectivity index (χ1n) is 7.48. The van der Waals surface area contributed by atoms with Gasteiger partial charge in [-0.05, 0) is 25.0 Å². The maximum absolute atomic E-state index is 11.9. The van der Waals surface area contributed by atoms with Crippen molar-refractivity contribution in [2.75, 3.05) is 19.5 Å². The van der Waals surface area contributed by atoms with Crippen LogP contribution in [-0.2, 0) is 9.59 Å². The molecule has 2 rings (SSSR count). The minimum Gasteiger partial charge on any atom is -0.493 e. The summed E-state index contributed by atoms with van der Waals surface area (Å²) in [6, 6.07) is 5.06. The van der Waals surface area contributed by atoms with Gasteiger partial charge in [-0.1, -0.05) is 19.3 Å². The van der Waals surface area contributed by atoms with Crippen molar-refractivity contribution in [3.05, 3.63) is 18.2 Å². The Hall–Kier alpha value is -2.24. The molecule has 0 atom stereocenters. The molecule has 0 unspecified atom stereocenters. The zero-order valence-corrected chi connectivity index (χ0v) is 13.0. The normalized spacial score (nSPS) is 15.0. The van der Waals surface area contributed by atoms with Crippen molar-refractivity contribution in [3.63, 3.8) is 0 Å². The number of rotatable bonds is 4. The summed E-state index contributed by atoms with van der Waals surface area (Å²) >= 11 is 0. The summed E-state index contributed by atoms with van der Waals surface area (Å²) in [7, 11) is 3.05. The fraction of sp³-hybridized carbons (Fsp3) is 0.500. The van der Waals surface area contributed by atoms with Crippen molar-refractivity contribution in [2.45, 2.75) is 38.1 Å².